The van der Waals surface area contributed by atoms with E-state index in [1.54, 1.807) is 7.11 Å². The van der Waals surface area contributed by atoms with Gasteiger partial charge in [-0.25, -0.2) is 0 Å². The Bertz CT molecular complexity index is 243. The molecule has 0 aromatic rings. The monoisotopic (exact) mass is 272 g/mol. The molecule has 0 aromatic carbocycles. The average molecular weight is 272 g/mol. The van der Waals surface area contributed by atoms with Crippen molar-refractivity contribution < 1.29 is 14.3 Å². The molecule has 0 radical (unpaired) electrons. The van der Waals surface area contributed by atoms with Crippen LogP contribution >= 0.6 is 0 Å². The highest BCUT2D eigenvalue weighted by atomic mass is 16.5. The predicted molar refractivity (Wildman–Crippen MR) is 75.0 cm³/mol. The molecule has 1 amide bonds. The Balaban J connectivity index is 2.39. The van der Waals surface area contributed by atoms with E-state index in [-0.39, 0.29) is 12.5 Å². The zero-order chi connectivity index (χ0) is 13.9. The second kappa shape index (κ2) is 10.2. The van der Waals surface area contributed by atoms with Gasteiger partial charge >= 0.3 is 0 Å². The lowest BCUT2D eigenvalue weighted by Crippen LogP contribution is -2.44. The highest BCUT2D eigenvalue weighted by Gasteiger charge is 2.24. The Hall–Kier alpha value is -0.650. The van der Waals surface area contributed by atoms with Crippen molar-refractivity contribution in [3.8, 4) is 0 Å². The number of hydrogen-bond donors (Lipinski definition) is 1. The molecule has 1 rings (SSSR count). The van der Waals surface area contributed by atoms with Crippen molar-refractivity contribution in [3.63, 3.8) is 0 Å². The van der Waals surface area contributed by atoms with Gasteiger partial charge < -0.3 is 20.1 Å². The average Bonchev–Trinajstić information content (AvgIpc) is 2.45. The van der Waals surface area contributed by atoms with Crippen molar-refractivity contribution in [3.05, 3.63) is 0 Å². The third-order valence-corrected chi connectivity index (χ3v) is 3.60. The van der Waals surface area contributed by atoms with Gasteiger partial charge in [0.2, 0.25) is 5.91 Å². The Morgan fingerprint density at radius 3 is 2.63 bits per heavy atom. The van der Waals surface area contributed by atoms with E-state index in [0.717, 1.165) is 25.8 Å². The number of rotatable bonds is 9. The van der Waals surface area contributed by atoms with Crippen LogP contribution in [0.25, 0.3) is 0 Å². The van der Waals surface area contributed by atoms with E-state index >= 15 is 0 Å². The molecule has 1 fully saturated rings. The second-order valence-electron chi connectivity index (χ2n) is 5.07. The van der Waals surface area contributed by atoms with Crippen LogP contribution in [0.4, 0.5) is 0 Å². The van der Waals surface area contributed by atoms with Crippen molar-refractivity contribution in [1.82, 2.24) is 4.90 Å². The second-order valence-corrected chi connectivity index (χ2v) is 5.07. The van der Waals surface area contributed by atoms with Gasteiger partial charge in [0, 0.05) is 19.7 Å². The van der Waals surface area contributed by atoms with Crippen LogP contribution in [0, 0.1) is 0 Å². The summed E-state index contributed by atoms with van der Waals surface area (Å²) in [6.45, 7) is 2.54. The Kier molecular flexibility index (Phi) is 8.79. The zero-order valence-corrected chi connectivity index (χ0v) is 12.1. The minimum Gasteiger partial charge on any atom is -0.382 e. The summed E-state index contributed by atoms with van der Waals surface area (Å²) in [5, 5.41) is 0. The molecular formula is C14H28N2O3. The molecule has 0 bridgehead atoms. The van der Waals surface area contributed by atoms with E-state index < -0.39 is 0 Å². The molecule has 2 N–H and O–H groups in total. The summed E-state index contributed by atoms with van der Waals surface area (Å²) in [7, 11) is 1.63. The first kappa shape index (κ1) is 16.4. The zero-order valence-electron chi connectivity index (χ0n) is 12.1. The fourth-order valence-electron chi connectivity index (χ4n) is 2.55. The molecule has 0 atom stereocenters. The number of amides is 1. The smallest absolute Gasteiger partial charge is 0.248 e. The summed E-state index contributed by atoms with van der Waals surface area (Å²) in [5.74, 6) is 0.0939. The summed E-state index contributed by atoms with van der Waals surface area (Å²) >= 11 is 0. The highest BCUT2D eigenvalue weighted by Crippen LogP contribution is 2.22. The summed E-state index contributed by atoms with van der Waals surface area (Å²) in [6.07, 6.45) is 6.84. The SMILES string of the molecule is COCCOCC(=O)N(CCCN)C1CCCCC1. The number of ether oxygens (including phenoxy) is 2. The fourth-order valence-corrected chi connectivity index (χ4v) is 2.55. The number of nitrogens with zero attached hydrogens (tertiary/aromatic N) is 1. The Morgan fingerprint density at radius 2 is 2.00 bits per heavy atom. The molecule has 1 aliphatic carbocycles. The van der Waals surface area contributed by atoms with Crippen LogP contribution in [0.2, 0.25) is 0 Å². The molecule has 0 aliphatic heterocycles. The molecule has 112 valence electrons. The van der Waals surface area contributed by atoms with E-state index in [4.69, 9.17) is 15.2 Å². The topological polar surface area (TPSA) is 64.8 Å². The van der Waals surface area contributed by atoms with Gasteiger partial charge in [-0.3, -0.25) is 4.79 Å². The van der Waals surface area contributed by atoms with Crippen LogP contribution in [0.3, 0.4) is 0 Å². The van der Waals surface area contributed by atoms with Gasteiger partial charge in [0.15, 0.2) is 0 Å². The van der Waals surface area contributed by atoms with Gasteiger partial charge in [0.05, 0.1) is 13.2 Å². The lowest BCUT2D eigenvalue weighted by Gasteiger charge is -2.34. The van der Waals surface area contributed by atoms with Gasteiger partial charge in [-0.1, -0.05) is 19.3 Å². The predicted octanol–water partition coefficient (Wildman–Crippen LogP) is 1.16. The van der Waals surface area contributed by atoms with Crippen LogP contribution < -0.4 is 5.73 Å². The first-order chi connectivity index (χ1) is 9.29. The van der Waals surface area contributed by atoms with Gasteiger partial charge in [0.25, 0.3) is 0 Å². The van der Waals surface area contributed by atoms with E-state index in [9.17, 15) is 4.79 Å². The molecule has 19 heavy (non-hydrogen) atoms. The van der Waals surface area contributed by atoms with Crippen molar-refractivity contribution in [1.29, 1.82) is 0 Å². The standard InChI is InChI=1S/C14H28N2O3/c1-18-10-11-19-12-14(17)16(9-5-8-15)13-6-3-2-4-7-13/h13H,2-12,15H2,1H3. The molecule has 0 spiro atoms. The molecule has 0 aromatic heterocycles. The number of carbonyl (C=O) groups excluding carboxylic acids is 1. The van der Waals surface area contributed by atoms with Crippen LogP contribution in [0.5, 0.6) is 0 Å². The van der Waals surface area contributed by atoms with Crippen LogP contribution in [-0.2, 0) is 14.3 Å². The van der Waals surface area contributed by atoms with E-state index in [1.165, 1.54) is 19.3 Å². The highest BCUT2D eigenvalue weighted by molar-refractivity contribution is 5.77. The number of carbonyl (C=O) groups is 1. The van der Waals surface area contributed by atoms with Crippen molar-refractivity contribution in [2.75, 3.05) is 40.0 Å². The maximum absolute atomic E-state index is 12.2. The largest absolute Gasteiger partial charge is 0.382 e. The number of nitrogens with two attached hydrogens (primary N) is 1. The fraction of sp³-hybridized carbons (Fsp3) is 0.929. The van der Waals surface area contributed by atoms with Crippen molar-refractivity contribution in [2.24, 2.45) is 5.73 Å². The van der Waals surface area contributed by atoms with Crippen LogP contribution in [0.15, 0.2) is 0 Å². The maximum atomic E-state index is 12.2. The van der Waals surface area contributed by atoms with Gasteiger partial charge in [-0.05, 0) is 25.8 Å². The molecule has 0 unspecified atom stereocenters. The lowest BCUT2D eigenvalue weighted by atomic mass is 9.94. The van der Waals surface area contributed by atoms with Crippen molar-refractivity contribution >= 4 is 5.91 Å². The van der Waals surface area contributed by atoms with E-state index in [2.05, 4.69) is 0 Å². The minimum absolute atomic E-state index is 0.0939. The van der Waals surface area contributed by atoms with E-state index in [1.807, 2.05) is 4.90 Å². The van der Waals surface area contributed by atoms with Crippen molar-refractivity contribution in [2.45, 2.75) is 44.6 Å². The summed E-state index contributed by atoms with van der Waals surface area (Å²) in [4.78, 5) is 14.2. The normalized spacial score (nSPS) is 16.5. The first-order valence-corrected chi connectivity index (χ1v) is 7.35. The Labute approximate surface area is 116 Å². The quantitative estimate of drug-likeness (QED) is 0.640. The van der Waals surface area contributed by atoms with Gasteiger partial charge in [-0.2, -0.15) is 0 Å². The first-order valence-electron chi connectivity index (χ1n) is 7.35. The third kappa shape index (κ3) is 6.36. The van der Waals surface area contributed by atoms with E-state index in [0.29, 0.717) is 25.8 Å². The van der Waals surface area contributed by atoms with Gasteiger partial charge in [-0.15, -0.1) is 0 Å². The van der Waals surface area contributed by atoms with Crippen LogP contribution in [0.1, 0.15) is 38.5 Å². The molecular weight excluding hydrogens is 244 g/mol. The third-order valence-electron chi connectivity index (χ3n) is 3.60. The summed E-state index contributed by atoms with van der Waals surface area (Å²) in [6, 6.07) is 0.388. The molecule has 5 heteroatoms. The summed E-state index contributed by atoms with van der Waals surface area (Å²) in [5.41, 5.74) is 5.56. The Morgan fingerprint density at radius 1 is 1.26 bits per heavy atom. The lowest BCUT2D eigenvalue weighted by molar-refractivity contribution is -0.139. The summed E-state index contributed by atoms with van der Waals surface area (Å²) < 4.78 is 10.2. The van der Waals surface area contributed by atoms with Crippen LogP contribution in [-0.4, -0.2) is 56.9 Å². The molecule has 0 heterocycles. The maximum Gasteiger partial charge on any atom is 0.248 e. The number of hydrogen-bond acceptors (Lipinski definition) is 4. The molecule has 0 saturated heterocycles. The molecule has 1 saturated carbocycles. The number of methoxy groups -OCH3 is 1. The minimum atomic E-state index is 0.0939. The molecule has 1 aliphatic rings. The molecule has 5 nitrogen and oxygen atoms in total. The van der Waals surface area contributed by atoms with Gasteiger partial charge in [0.1, 0.15) is 6.61 Å².